The fourth-order valence-corrected chi connectivity index (χ4v) is 6.67. The first-order valence-corrected chi connectivity index (χ1v) is 17.7. The zero-order chi connectivity index (χ0) is 27.5. The van der Waals surface area contributed by atoms with Gasteiger partial charge in [0.25, 0.3) is 0 Å². The van der Waals surface area contributed by atoms with E-state index in [9.17, 15) is 0 Å². The van der Waals surface area contributed by atoms with Crippen molar-refractivity contribution < 1.29 is 24.5 Å². The molecule has 3 nitrogen and oxygen atoms in total. The molecule has 1 aliphatic carbocycles. The van der Waals surface area contributed by atoms with Gasteiger partial charge in [-0.05, 0) is 47.8 Å². The number of pyridine rings is 2. The van der Waals surface area contributed by atoms with Crippen LogP contribution in [0.2, 0.25) is 19.6 Å². The van der Waals surface area contributed by atoms with Crippen molar-refractivity contribution in [3.8, 4) is 22.5 Å². The van der Waals surface area contributed by atoms with Crippen LogP contribution in [-0.2, 0) is 20.1 Å². The van der Waals surface area contributed by atoms with Crippen LogP contribution >= 0.6 is 0 Å². The van der Waals surface area contributed by atoms with Gasteiger partial charge >= 0.3 is 0 Å². The molecule has 0 N–H and O–H groups in total. The van der Waals surface area contributed by atoms with Crippen molar-refractivity contribution >= 4 is 35.2 Å². The van der Waals surface area contributed by atoms with Gasteiger partial charge in [-0.25, -0.2) is 0 Å². The average Bonchev–Trinajstić information content (AvgIpc) is 3.66. The third-order valence-corrected chi connectivity index (χ3v) is 9.86. The Bertz CT molecular complexity index is 1680. The molecule has 6 aromatic rings. The minimum absolute atomic E-state index is 0. The largest absolute Gasteiger partial charge is 0.501 e. The molecule has 5 heteroatoms. The van der Waals surface area contributed by atoms with Crippen LogP contribution in [0.4, 0.5) is 0 Å². The van der Waals surface area contributed by atoms with Crippen molar-refractivity contribution in [3.63, 3.8) is 0 Å². The summed E-state index contributed by atoms with van der Waals surface area (Å²) in [5.74, 6) is 0.688. The summed E-state index contributed by atoms with van der Waals surface area (Å²) in [5, 5.41) is 3.74. The molecule has 0 unspecified atom stereocenters. The molecule has 41 heavy (non-hydrogen) atoms. The molecule has 0 amide bonds. The second kappa shape index (κ2) is 12.6. The van der Waals surface area contributed by atoms with E-state index in [2.05, 4.69) is 79.4 Å². The summed E-state index contributed by atoms with van der Waals surface area (Å²) in [5.41, 5.74) is 7.15. The molecule has 0 spiro atoms. The van der Waals surface area contributed by atoms with E-state index < -0.39 is 8.07 Å². The standard InChI is InChI=1S/C25H26NOSi.C11H8N.Ir/c1-28(2,3)19-12-13-20-21-9-6-10-22(25(21)27-24(20)15-19)23-14-11-18(16-26-23)17-7-4-5-8-17;1-2-6-10(7-3-1)11-8-4-5-9-12-11;/h6,9,11-17H,4-5,7-8H2,1-3H3;1-6,8-9H;/q2*-1;. The Morgan fingerprint density at radius 3 is 2.29 bits per heavy atom. The molecule has 3 heterocycles. The molecule has 0 saturated heterocycles. The van der Waals surface area contributed by atoms with E-state index in [0.29, 0.717) is 5.92 Å². The van der Waals surface area contributed by atoms with E-state index >= 15 is 0 Å². The van der Waals surface area contributed by atoms with Crippen LogP contribution < -0.4 is 5.19 Å². The zero-order valence-electron chi connectivity index (χ0n) is 23.8. The maximum Gasteiger partial charge on any atom is 0.120 e. The third-order valence-electron chi connectivity index (χ3n) is 7.82. The average molecular weight is 731 g/mol. The van der Waals surface area contributed by atoms with Gasteiger partial charge in [0.05, 0.1) is 13.7 Å². The molecule has 0 aliphatic heterocycles. The van der Waals surface area contributed by atoms with Gasteiger partial charge in [0, 0.05) is 37.9 Å². The summed E-state index contributed by atoms with van der Waals surface area (Å²) in [4.78, 5) is 9.00. The first-order valence-electron chi connectivity index (χ1n) is 14.2. The Labute approximate surface area is 257 Å². The minimum atomic E-state index is -1.38. The number of hydrogen-bond acceptors (Lipinski definition) is 3. The molecule has 1 fully saturated rings. The summed E-state index contributed by atoms with van der Waals surface area (Å²) in [6.07, 6.45) is 9.13. The Kier molecular flexibility index (Phi) is 8.99. The van der Waals surface area contributed by atoms with E-state index in [1.54, 1.807) is 6.20 Å². The molecule has 3 aromatic heterocycles. The van der Waals surface area contributed by atoms with Crippen molar-refractivity contribution in [1.82, 2.24) is 9.97 Å². The molecular weight excluding hydrogens is 697 g/mol. The summed E-state index contributed by atoms with van der Waals surface area (Å²) in [7, 11) is -1.38. The van der Waals surface area contributed by atoms with Gasteiger partial charge in [0.15, 0.2) is 0 Å². The zero-order valence-corrected chi connectivity index (χ0v) is 27.2. The van der Waals surface area contributed by atoms with Gasteiger partial charge in [-0.3, -0.25) is 0 Å². The summed E-state index contributed by atoms with van der Waals surface area (Å²) in [6, 6.07) is 35.4. The Balaban J connectivity index is 0.000000218. The number of furan rings is 1. The smallest absolute Gasteiger partial charge is 0.120 e. The van der Waals surface area contributed by atoms with Gasteiger partial charge < -0.3 is 14.4 Å². The van der Waals surface area contributed by atoms with Crippen molar-refractivity contribution in [2.24, 2.45) is 0 Å². The molecule has 3 aromatic carbocycles. The van der Waals surface area contributed by atoms with E-state index in [1.807, 2.05) is 48.5 Å². The quantitative estimate of drug-likeness (QED) is 0.134. The van der Waals surface area contributed by atoms with E-state index in [4.69, 9.17) is 9.40 Å². The predicted octanol–water partition coefficient (Wildman–Crippen LogP) is 9.20. The van der Waals surface area contributed by atoms with Crippen LogP contribution in [0.3, 0.4) is 0 Å². The van der Waals surface area contributed by atoms with Crippen LogP contribution in [0.5, 0.6) is 0 Å². The van der Waals surface area contributed by atoms with E-state index in [-0.39, 0.29) is 20.1 Å². The van der Waals surface area contributed by atoms with E-state index in [1.165, 1.54) is 41.8 Å². The fraction of sp³-hybridized carbons (Fsp3) is 0.222. The third kappa shape index (κ3) is 6.43. The molecular formula is C36H34IrN2OSi-2. The monoisotopic (exact) mass is 731 g/mol. The first kappa shape index (κ1) is 29.1. The van der Waals surface area contributed by atoms with Crippen molar-refractivity contribution in [3.05, 3.63) is 115 Å². The van der Waals surface area contributed by atoms with Crippen molar-refractivity contribution in [2.75, 3.05) is 0 Å². The van der Waals surface area contributed by atoms with Crippen molar-refractivity contribution in [1.29, 1.82) is 0 Å². The maximum atomic E-state index is 6.35. The number of nitrogens with zero attached hydrogens (tertiary/aromatic N) is 2. The molecule has 1 saturated carbocycles. The number of hydrogen-bond donors (Lipinski definition) is 0. The number of benzene rings is 3. The van der Waals surface area contributed by atoms with Gasteiger partial charge in [0.2, 0.25) is 0 Å². The molecule has 7 rings (SSSR count). The second-order valence-corrected chi connectivity index (χ2v) is 16.7. The van der Waals surface area contributed by atoms with Gasteiger partial charge in [0.1, 0.15) is 5.58 Å². The summed E-state index contributed by atoms with van der Waals surface area (Å²) < 4.78 is 6.35. The molecule has 0 bridgehead atoms. The van der Waals surface area contributed by atoms with Gasteiger partial charge in [-0.2, -0.15) is 0 Å². The topological polar surface area (TPSA) is 38.9 Å². The minimum Gasteiger partial charge on any atom is -0.501 e. The second-order valence-electron chi connectivity index (χ2n) is 11.6. The van der Waals surface area contributed by atoms with Crippen LogP contribution in [-0.4, -0.2) is 18.0 Å². The van der Waals surface area contributed by atoms with E-state index in [0.717, 1.165) is 39.1 Å². The SMILES string of the molecule is C[Si](C)(C)c1ccc2c(c1)oc1c(-c3ccc(C4CCCC4)cn3)[c-]ccc12.[Ir].[c-]1ccccc1-c1ccccn1. The summed E-state index contributed by atoms with van der Waals surface area (Å²) >= 11 is 0. The molecule has 0 atom stereocenters. The Hall–Kier alpha value is -3.37. The van der Waals surface area contributed by atoms with Crippen molar-refractivity contribution in [2.45, 2.75) is 51.2 Å². The first-order chi connectivity index (χ1) is 19.5. The maximum absolute atomic E-state index is 6.35. The predicted molar refractivity (Wildman–Crippen MR) is 168 cm³/mol. The van der Waals surface area contributed by atoms with Crippen LogP contribution in [0.15, 0.2) is 102 Å². The van der Waals surface area contributed by atoms with Crippen LogP contribution in [0.25, 0.3) is 44.5 Å². The van der Waals surface area contributed by atoms with Crippen LogP contribution in [0, 0.1) is 12.1 Å². The fourth-order valence-electron chi connectivity index (χ4n) is 5.53. The Morgan fingerprint density at radius 1 is 0.780 bits per heavy atom. The normalized spacial score (nSPS) is 13.5. The summed E-state index contributed by atoms with van der Waals surface area (Å²) in [6.45, 7) is 7.10. The molecule has 1 radical (unpaired) electrons. The Morgan fingerprint density at radius 2 is 1.61 bits per heavy atom. The van der Waals surface area contributed by atoms with Crippen LogP contribution in [0.1, 0.15) is 37.2 Å². The number of rotatable bonds is 4. The number of fused-ring (bicyclic) bond motifs is 3. The molecule has 1 aliphatic rings. The van der Waals surface area contributed by atoms with Gasteiger partial charge in [-0.1, -0.05) is 85.0 Å². The molecule has 209 valence electrons. The number of aromatic nitrogens is 2. The van der Waals surface area contributed by atoms with Gasteiger partial charge in [-0.15, -0.1) is 54.1 Å².